The van der Waals surface area contributed by atoms with Gasteiger partial charge in [0.05, 0.1) is 6.61 Å². The fraction of sp³-hybridized carbons (Fsp3) is 0.333. The van der Waals surface area contributed by atoms with Crippen molar-refractivity contribution in [1.29, 1.82) is 0 Å². The van der Waals surface area contributed by atoms with Crippen LogP contribution in [0.25, 0.3) is 0 Å². The highest BCUT2D eigenvalue weighted by Crippen LogP contribution is 2.33. The zero-order valence-electron chi connectivity index (χ0n) is 12.1. The Morgan fingerprint density at radius 1 is 1.20 bits per heavy atom. The average molecular weight is 272 g/mol. The summed E-state index contributed by atoms with van der Waals surface area (Å²) in [6.45, 7) is 7.32. The maximum atomic E-state index is 6.14. The van der Waals surface area contributed by atoms with E-state index in [1.807, 2.05) is 19.1 Å². The lowest BCUT2D eigenvalue weighted by Crippen LogP contribution is -2.20. The van der Waals surface area contributed by atoms with Gasteiger partial charge in [-0.15, -0.1) is 0 Å². The second-order valence-electron chi connectivity index (χ2n) is 4.38. The predicted molar refractivity (Wildman–Crippen MR) is 81.5 cm³/mol. The molecule has 0 spiro atoms. The molecule has 20 heavy (non-hydrogen) atoms. The van der Waals surface area contributed by atoms with Gasteiger partial charge < -0.3 is 15.4 Å². The normalized spacial score (nSPS) is 10.3. The van der Waals surface area contributed by atoms with Crippen LogP contribution in [0.5, 0.6) is 5.88 Å². The molecule has 2 N–H and O–H groups in total. The molecule has 0 radical (unpaired) electrons. The lowest BCUT2D eigenvalue weighted by atomic mass is 10.2. The van der Waals surface area contributed by atoms with E-state index in [0.717, 1.165) is 12.2 Å². The first-order chi connectivity index (χ1) is 9.69. The van der Waals surface area contributed by atoms with Crippen LogP contribution in [0.2, 0.25) is 0 Å². The molecule has 2 rings (SSSR count). The summed E-state index contributed by atoms with van der Waals surface area (Å²) >= 11 is 0. The van der Waals surface area contributed by atoms with E-state index in [1.165, 1.54) is 11.9 Å². The first-order valence-electron chi connectivity index (χ1n) is 6.75. The summed E-state index contributed by atoms with van der Waals surface area (Å²) in [4.78, 5) is 10.5. The van der Waals surface area contributed by atoms with Crippen molar-refractivity contribution in [2.24, 2.45) is 0 Å². The molecule has 1 aromatic heterocycles. The molecule has 0 unspecified atom stereocenters. The minimum absolute atomic E-state index is 0.435. The molecule has 0 amide bonds. The third-order valence-electron chi connectivity index (χ3n) is 3.09. The summed E-state index contributed by atoms with van der Waals surface area (Å²) in [5, 5.41) is 0. The van der Waals surface area contributed by atoms with Gasteiger partial charge >= 0.3 is 0 Å². The number of nitrogens with two attached hydrogens (primary N) is 1. The van der Waals surface area contributed by atoms with Crippen molar-refractivity contribution in [3.63, 3.8) is 0 Å². The topological polar surface area (TPSA) is 64.3 Å². The molecule has 0 atom stereocenters. The molecule has 1 aromatic carbocycles. The SMILES string of the molecule is CCOc1ncnc(N(CC)c2ccccc2C)c1N. The molecular weight excluding hydrogens is 252 g/mol. The van der Waals surface area contributed by atoms with Gasteiger partial charge in [0, 0.05) is 12.2 Å². The fourth-order valence-corrected chi connectivity index (χ4v) is 2.14. The zero-order chi connectivity index (χ0) is 14.5. The summed E-state index contributed by atoms with van der Waals surface area (Å²) in [6, 6.07) is 8.15. The molecule has 5 heteroatoms. The van der Waals surface area contributed by atoms with E-state index in [2.05, 4.69) is 40.8 Å². The van der Waals surface area contributed by atoms with Crippen LogP contribution in [0.4, 0.5) is 17.2 Å². The van der Waals surface area contributed by atoms with Crippen LogP contribution in [-0.2, 0) is 0 Å². The van der Waals surface area contributed by atoms with Crippen molar-refractivity contribution in [1.82, 2.24) is 9.97 Å². The first-order valence-corrected chi connectivity index (χ1v) is 6.75. The molecular formula is C15H20N4O. The maximum Gasteiger partial charge on any atom is 0.242 e. The Morgan fingerprint density at radius 3 is 2.60 bits per heavy atom. The molecule has 0 saturated heterocycles. The fourth-order valence-electron chi connectivity index (χ4n) is 2.14. The van der Waals surface area contributed by atoms with E-state index in [1.54, 1.807) is 0 Å². The minimum Gasteiger partial charge on any atom is -0.476 e. The lowest BCUT2D eigenvalue weighted by molar-refractivity contribution is 0.328. The van der Waals surface area contributed by atoms with Gasteiger partial charge in [-0.05, 0) is 32.4 Å². The summed E-state index contributed by atoms with van der Waals surface area (Å²) in [7, 11) is 0. The van der Waals surface area contributed by atoms with Gasteiger partial charge in [-0.1, -0.05) is 18.2 Å². The first kappa shape index (κ1) is 14.1. The molecule has 2 aromatic rings. The van der Waals surface area contributed by atoms with E-state index in [0.29, 0.717) is 24.0 Å². The zero-order valence-corrected chi connectivity index (χ0v) is 12.1. The Bertz CT molecular complexity index is 586. The predicted octanol–water partition coefficient (Wildman–Crippen LogP) is 2.92. The largest absolute Gasteiger partial charge is 0.476 e. The van der Waals surface area contributed by atoms with Crippen molar-refractivity contribution in [3.05, 3.63) is 36.2 Å². The number of aryl methyl sites for hydroxylation is 1. The number of aromatic nitrogens is 2. The van der Waals surface area contributed by atoms with Gasteiger partial charge in [0.1, 0.15) is 12.0 Å². The van der Waals surface area contributed by atoms with Gasteiger partial charge in [0.25, 0.3) is 0 Å². The number of nitrogen functional groups attached to an aromatic ring is 1. The third kappa shape index (κ3) is 2.66. The second kappa shape index (κ2) is 6.23. The Hall–Kier alpha value is -2.30. The smallest absolute Gasteiger partial charge is 0.242 e. The Balaban J connectivity index is 2.48. The number of ether oxygens (including phenoxy) is 1. The van der Waals surface area contributed by atoms with Crippen LogP contribution in [-0.4, -0.2) is 23.1 Å². The van der Waals surface area contributed by atoms with Gasteiger partial charge in [0.15, 0.2) is 5.82 Å². The van der Waals surface area contributed by atoms with E-state index in [9.17, 15) is 0 Å². The van der Waals surface area contributed by atoms with Crippen LogP contribution in [0.3, 0.4) is 0 Å². The standard InChI is InChI=1S/C15H20N4O/c1-4-19(12-9-7-6-8-11(12)3)14-13(16)15(20-5-2)18-10-17-14/h6-10H,4-5,16H2,1-3H3. The highest BCUT2D eigenvalue weighted by atomic mass is 16.5. The molecule has 0 aliphatic carbocycles. The Labute approximate surface area is 119 Å². The van der Waals surface area contributed by atoms with E-state index < -0.39 is 0 Å². The van der Waals surface area contributed by atoms with Gasteiger partial charge in [0.2, 0.25) is 5.88 Å². The highest BCUT2D eigenvalue weighted by molar-refractivity contribution is 5.75. The van der Waals surface area contributed by atoms with Crippen molar-refractivity contribution >= 4 is 17.2 Å². The van der Waals surface area contributed by atoms with Crippen molar-refractivity contribution in [3.8, 4) is 5.88 Å². The summed E-state index contributed by atoms with van der Waals surface area (Å²) in [5.41, 5.74) is 8.87. The third-order valence-corrected chi connectivity index (χ3v) is 3.09. The van der Waals surface area contributed by atoms with Crippen molar-refractivity contribution < 1.29 is 4.74 Å². The monoisotopic (exact) mass is 272 g/mol. The van der Waals surface area contributed by atoms with Gasteiger partial charge in [-0.25, -0.2) is 4.98 Å². The number of benzene rings is 1. The Morgan fingerprint density at radius 2 is 1.95 bits per heavy atom. The Kier molecular flexibility index (Phi) is 4.40. The van der Waals surface area contributed by atoms with Crippen LogP contribution in [0, 0.1) is 6.92 Å². The maximum absolute atomic E-state index is 6.14. The van der Waals surface area contributed by atoms with Crippen molar-refractivity contribution in [2.45, 2.75) is 20.8 Å². The average Bonchev–Trinajstić information content (AvgIpc) is 2.45. The number of hydrogen-bond donors (Lipinski definition) is 1. The lowest BCUT2D eigenvalue weighted by Gasteiger charge is -2.25. The van der Waals surface area contributed by atoms with Crippen LogP contribution >= 0.6 is 0 Å². The number of hydrogen-bond acceptors (Lipinski definition) is 5. The molecule has 106 valence electrons. The van der Waals surface area contributed by atoms with Crippen LogP contribution in [0.15, 0.2) is 30.6 Å². The number of rotatable bonds is 5. The summed E-state index contributed by atoms with van der Waals surface area (Å²) < 4.78 is 5.44. The van der Waals surface area contributed by atoms with Gasteiger partial charge in [-0.2, -0.15) is 4.98 Å². The molecule has 0 saturated carbocycles. The van der Waals surface area contributed by atoms with E-state index in [4.69, 9.17) is 10.5 Å². The molecule has 0 bridgehead atoms. The van der Waals surface area contributed by atoms with Gasteiger partial charge in [-0.3, -0.25) is 0 Å². The van der Waals surface area contributed by atoms with Crippen LogP contribution in [0.1, 0.15) is 19.4 Å². The number of nitrogens with zero attached hydrogens (tertiary/aromatic N) is 3. The molecule has 0 fully saturated rings. The molecule has 1 heterocycles. The summed E-state index contributed by atoms with van der Waals surface area (Å²) in [5.74, 6) is 1.12. The van der Waals surface area contributed by atoms with Crippen LogP contribution < -0.4 is 15.4 Å². The molecule has 0 aliphatic heterocycles. The molecule has 5 nitrogen and oxygen atoms in total. The summed E-state index contributed by atoms with van der Waals surface area (Å²) in [6.07, 6.45) is 1.48. The number of anilines is 3. The van der Waals surface area contributed by atoms with E-state index >= 15 is 0 Å². The highest BCUT2D eigenvalue weighted by Gasteiger charge is 2.17. The molecule has 0 aliphatic rings. The minimum atomic E-state index is 0.435. The second-order valence-corrected chi connectivity index (χ2v) is 4.38. The van der Waals surface area contributed by atoms with E-state index in [-0.39, 0.29) is 0 Å². The van der Waals surface area contributed by atoms with Crippen molar-refractivity contribution in [2.75, 3.05) is 23.8 Å². The number of para-hydroxylation sites is 1. The quantitative estimate of drug-likeness (QED) is 0.906.